The van der Waals surface area contributed by atoms with Gasteiger partial charge in [-0.3, -0.25) is 9.89 Å². The lowest BCUT2D eigenvalue weighted by molar-refractivity contribution is -0.133. The molecule has 3 rings (SSSR count). The fourth-order valence-electron chi connectivity index (χ4n) is 2.61. The molecule has 0 aliphatic carbocycles. The number of aromatic nitrogens is 2. The third-order valence-electron chi connectivity index (χ3n) is 3.69. The number of carbonyl (C=O) groups is 1. The fourth-order valence-corrected chi connectivity index (χ4v) is 2.61. The van der Waals surface area contributed by atoms with E-state index in [1.54, 1.807) is 0 Å². The van der Waals surface area contributed by atoms with E-state index in [1.165, 1.54) is 0 Å². The summed E-state index contributed by atoms with van der Waals surface area (Å²) in [6.07, 6.45) is 0.394. The third kappa shape index (κ3) is 2.33. The van der Waals surface area contributed by atoms with Crippen molar-refractivity contribution in [3.63, 3.8) is 0 Å². The Bertz CT molecular complexity index is 592. The Labute approximate surface area is 112 Å². The Hall–Kier alpha value is -1.88. The van der Waals surface area contributed by atoms with E-state index in [2.05, 4.69) is 22.4 Å². The second-order valence-corrected chi connectivity index (χ2v) is 5.04. The number of aromatic amines is 1. The molecule has 0 radical (unpaired) electrons. The predicted molar refractivity (Wildman–Crippen MR) is 73.8 cm³/mol. The van der Waals surface area contributed by atoms with Crippen LogP contribution in [0.1, 0.15) is 12.6 Å². The van der Waals surface area contributed by atoms with Crippen LogP contribution in [0.15, 0.2) is 24.3 Å². The molecular formula is C14H18N4O. The lowest BCUT2D eigenvalue weighted by Crippen LogP contribution is -2.52. The lowest BCUT2D eigenvalue weighted by Gasteiger charge is -2.34. The average molecular weight is 258 g/mol. The zero-order chi connectivity index (χ0) is 13.2. The minimum atomic E-state index is 0.170. The van der Waals surface area contributed by atoms with E-state index in [9.17, 15) is 4.79 Å². The van der Waals surface area contributed by atoms with Crippen molar-refractivity contribution in [2.75, 3.05) is 19.6 Å². The normalized spacial score (nSPS) is 19.8. The van der Waals surface area contributed by atoms with E-state index >= 15 is 0 Å². The van der Waals surface area contributed by atoms with Crippen LogP contribution in [0, 0.1) is 0 Å². The Morgan fingerprint density at radius 2 is 2.32 bits per heavy atom. The molecule has 5 nitrogen and oxygen atoms in total. The molecular weight excluding hydrogens is 240 g/mol. The molecule has 1 fully saturated rings. The smallest absolute Gasteiger partial charge is 0.228 e. The second kappa shape index (κ2) is 5.01. The van der Waals surface area contributed by atoms with Crippen LogP contribution in [0.2, 0.25) is 0 Å². The maximum atomic E-state index is 12.4. The van der Waals surface area contributed by atoms with Gasteiger partial charge in [0.15, 0.2) is 0 Å². The molecule has 1 unspecified atom stereocenters. The number of carbonyl (C=O) groups excluding carboxylic acids is 1. The molecule has 1 aliphatic heterocycles. The van der Waals surface area contributed by atoms with Gasteiger partial charge in [0.1, 0.15) is 0 Å². The zero-order valence-corrected chi connectivity index (χ0v) is 11.0. The molecule has 2 aromatic rings. The molecule has 0 saturated carbocycles. The van der Waals surface area contributed by atoms with Crippen LogP contribution >= 0.6 is 0 Å². The molecule has 19 heavy (non-hydrogen) atoms. The number of hydrogen-bond donors (Lipinski definition) is 2. The van der Waals surface area contributed by atoms with Crippen LogP contribution in [0.25, 0.3) is 10.9 Å². The summed E-state index contributed by atoms with van der Waals surface area (Å²) in [5.41, 5.74) is 1.82. The first-order valence-electron chi connectivity index (χ1n) is 6.68. The molecule has 0 bridgehead atoms. The maximum absolute atomic E-state index is 12.4. The van der Waals surface area contributed by atoms with E-state index in [0.29, 0.717) is 6.42 Å². The van der Waals surface area contributed by atoms with Crippen LogP contribution in [0.4, 0.5) is 0 Å². The number of rotatable bonds is 2. The average Bonchev–Trinajstić information content (AvgIpc) is 2.83. The summed E-state index contributed by atoms with van der Waals surface area (Å²) in [6.45, 7) is 4.61. The van der Waals surface area contributed by atoms with Gasteiger partial charge in [0.25, 0.3) is 0 Å². The topological polar surface area (TPSA) is 61.0 Å². The van der Waals surface area contributed by atoms with Crippen molar-refractivity contribution in [2.45, 2.75) is 19.4 Å². The summed E-state index contributed by atoms with van der Waals surface area (Å²) in [5, 5.41) is 11.5. The molecule has 2 heterocycles. The summed E-state index contributed by atoms with van der Waals surface area (Å²) in [7, 11) is 0. The molecule has 1 aliphatic rings. The highest BCUT2D eigenvalue weighted by Crippen LogP contribution is 2.16. The first kappa shape index (κ1) is 12.2. The number of amides is 1. The SMILES string of the molecule is CC1CNCCN1C(=O)Cc1[nH]nc2ccccc12. The van der Waals surface area contributed by atoms with Gasteiger partial charge < -0.3 is 10.2 Å². The molecule has 5 heteroatoms. The van der Waals surface area contributed by atoms with Gasteiger partial charge in [-0.25, -0.2) is 0 Å². The highest BCUT2D eigenvalue weighted by Gasteiger charge is 2.23. The predicted octanol–water partition coefficient (Wildman–Crippen LogP) is 0.926. The van der Waals surface area contributed by atoms with Gasteiger partial charge in [-0.1, -0.05) is 18.2 Å². The Morgan fingerprint density at radius 3 is 3.16 bits per heavy atom. The minimum Gasteiger partial charge on any atom is -0.337 e. The van der Waals surface area contributed by atoms with Gasteiger partial charge in [-0.2, -0.15) is 5.10 Å². The van der Waals surface area contributed by atoms with Crippen LogP contribution in [0.5, 0.6) is 0 Å². The molecule has 1 aromatic heterocycles. The second-order valence-electron chi connectivity index (χ2n) is 5.04. The van der Waals surface area contributed by atoms with Crippen molar-refractivity contribution in [1.82, 2.24) is 20.4 Å². The van der Waals surface area contributed by atoms with E-state index in [-0.39, 0.29) is 11.9 Å². The van der Waals surface area contributed by atoms with Crippen molar-refractivity contribution in [3.8, 4) is 0 Å². The Balaban J connectivity index is 1.79. The number of benzene rings is 1. The van der Waals surface area contributed by atoms with Gasteiger partial charge >= 0.3 is 0 Å². The number of hydrogen-bond acceptors (Lipinski definition) is 3. The number of para-hydroxylation sites is 1. The fraction of sp³-hybridized carbons (Fsp3) is 0.429. The van der Waals surface area contributed by atoms with Gasteiger partial charge in [-0.05, 0) is 13.0 Å². The lowest BCUT2D eigenvalue weighted by atomic mass is 10.1. The standard InChI is InChI=1S/C14H18N4O/c1-10-9-15-6-7-18(10)14(19)8-13-11-4-2-3-5-12(11)16-17-13/h2-5,10,15H,6-9H2,1H3,(H,16,17). The summed E-state index contributed by atoms with van der Waals surface area (Å²) < 4.78 is 0. The van der Waals surface area contributed by atoms with Gasteiger partial charge in [0.05, 0.1) is 17.6 Å². The van der Waals surface area contributed by atoms with Crippen molar-refractivity contribution < 1.29 is 4.79 Å². The quantitative estimate of drug-likeness (QED) is 0.842. The van der Waals surface area contributed by atoms with Gasteiger partial charge in [0, 0.05) is 31.1 Å². The maximum Gasteiger partial charge on any atom is 0.228 e. The molecule has 1 aromatic carbocycles. The monoisotopic (exact) mass is 258 g/mol. The van der Waals surface area contributed by atoms with E-state index in [4.69, 9.17) is 0 Å². The van der Waals surface area contributed by atoms with E-state index < -0.39 is 0 Å². The largest absolute Gasteiger partial charge is 0.337 e. The summed E-state index contributed by atoms with van der Waals surface area (Å²) in [4.78, 5) is 14.3. The summed E-state index contributed by atoms with van der Waals surface area (Å²) >= 11 is 0. The minimum absolute atomic E-state index is 0.170. The third-order valence-corrected chi connectivity index (χ3v) is 3.69. The van der Waals surface area contributed by atoms with Gasteiger partial charge in [-0.15, -0.1) is 0 Å². The van der Waals surface area contributed by atoms with Gasteiger partial charge in [0.2, 0.25) is 5.91 Å². The van der Waals surface area contributed by atoms with Crippen LogP contribution in [0.3, 0.4) is 0 Å². The highest BCUT2D eigenvalue weighted by atomic mass is 16.2. The molecule has 100 valence electrons. The molecule has 1 amide bonds. The highest BCUT2D eigenvalue weighted by molar-refractivity contribution is 5.87. The number of piperazine rings is 1. The molecule has 2 N–H and O–H groups in total. The summed E-state index contributed by atoms with van der Waals surface area (Å²) in [5.74, 6) is 0.170. The van der Waals surface area contributed by atoms with Crippen molar-refractivity contribution in [2.24, 2.45) is 0 Å². The molecule has 0 spiro atoms. The number of nitrogens with one attached hydrogen (secondary N) is 2. The number of nitrogens with zero attached hydrogens (tertiary/aromatic N) is 2. The molecule has 1 atom stereocenters. The van der Waals surface area contributed by atoms with Crippen LogP contribution < -0.4 is 5.32 Å². The van der Waals surface area contributed by atoms with E-state index in [1.807, 2.05) is 29.2 Å². The van der Waals surface area contributed by atoms with Crippen LogP contribution in [-0.2, 0) is 11.2 Å². The van der Waals surface area contributed by atoms with Crippen molar-refractivity contribution in [3.05, 3.63) is 30.0 Å². The van der Waals surface area contributed by atoms with E-state index in [0.717, 1.165) is 36.2 Å². The Morgan fingerprint density at radius 1 is 1.47 bits per heavy atom. The van der Waals surface area contributed by atoms with Crippen LogP contribution in [-0.4, -0.2) is 46.7 Å². The molecule has 1 saturated heterocycles. The first-order chi connectivity index (χ1) is 9.25. The zero-order valence-electron chi connectivity index (χ0n) is 11.0. The first-order valence-corrected chi connectivity index (χ1v) is 6.68. The Kier molecular flexibility index (Phi) is 3.21. The van der Waals surface area contributed by atoms with Crippen molar-refractivity contribution in [1.29, 1.82) is 0 Å². The van der Waals surface area contributed by atoms with Crippen molar-refractivity contribution >= 4 is 16.8 Å². The summed E-state index contributed by atoms with van der Waals surface area (Å²) in [6, 6.07) is 8.14. The number of H-pyrrole nitrogens is 1. The number of fused-ring (bicyclic) bond motifs is 1.